The number of hydrogen-bond donors (Lipinski definition) is 2. The van der Waals surface area contributed by atoms with Crippen molar-refractivity contribution in [3.05, 3.63) is 35.0 Å². The predicted molar refractivity (Wildman–Crippen MR) is 118 cm³/mol. The second-order valence-corrected chi connectivity index (χ2v) is 6.68. The molecule has 158 valence electrons. The molecule has 1 aliphatic heterocycles. The topological polar surface area (TPSA) is 82.6 Å². The van der Waals surface area contributed by atoms with Gasteiger partial charge in [0.25, 0.3) is 5.91 Å². The zero-order valence-electron chi connectivity index (χ0n) is 17.6. The number of hydrogen-bond acceptors (Lipinski definition) is 7. The third kappa shape index (κ3) is 5.71. The summed E-state index contributed by atoms with van der Waals surface area (Å²) in [4.78, 5) is 25.3. The number of nitrogens with zero attached hydrogens (tertiary/aromatic N) is 4. The number of piperazine rings is 1. The van der Waals surface area contributed by atoms with Crippen LogP contribution in [0.2, 0.25) is 5.02 Å². The fourth-order valence-electron chi connectivity index (χ4n) is 2.84. The third-order valence-electron chi connectivity index (χ3n) is 4.47. The SMILES string of the molecule is CC.CNc1nc(Nc2ccc(C(=O)N3CCN(C)CC3)cc2OC)ncc1Cl. The van der Waals surface area contributed by atoms with Gasteiger partial charge < -0.3 is 25.2 Å². The summed E-state index contributed by atoms with van der Waals surface area (Å²) in [7, 11) is 5.35. The largest absolute Gasteiger partial charge is 0.495 e. The van der Waals surface area contributed by atoms with Crippen LogP contribution in [0.25, 0.3) is 0 Å². The second-order valence-electron chi connectivity index (χ2n) is 6.28. The van der Waals surface area contributed by atoms with Gasteiger partial charge in [-0.3, -0.25) is 4.79 Å². The lowest BCUT2D eigenvalue weighted by molar-refractivity contribution is 0.0664. The molecule has 1 saturated heterocycles. The smallest absolute Gasteiger partial charge is 0.254 e. The first-order valence-corrected chi connectivity index (χ1v) is 10.0. The average Bonchev–Trinajstić information content (AvgIpc) is 2.76. The number of likely N-dealkylation sites (N-methyl/N-ethyl adjacent to an activating group) is 1. The van der Waals surface area contributed by atoms with Gasteiger partial charge in [-0.25, -0.2) is 4.98 Å². The number of methoxy groups -OCH3 is 1. The summed E-state index contributed by atoms with van der Waals surface area (Å²) in [6.07, 6.45) is 1.51. The number of halogens is 1. The van der Waals surface area contributed by atoms with Crippen LogP contribution in [0, 0.1) is 0 Å². The summed E-state index contributed by atoms with van der Waals surface area (Å²) >= 11 is 6.01. The van der Waals surface area contributed by atoms with Crippen LogP contribution in [0.5, 0.6) is 5.75 Å². The van der Waals surface area contributed by atoms with E-state index in [2.05, 4.69) is 32.5 Å². The molecule has 1 aliphatic rings. The van der Waals surface area contributed by atoms with Crippen LogP contribution in [0.4, 0.5) is 17.5 Å². The number of benzene rings is 1. The van der Waals surface area contributed by atoms with E-state index in [0.29, 0.717) is 33.8 Å². The van der Waals surface area contributed by atoms with Crippen molar-refractivity contribution in [2.75, 3.05) is 58.0 Å². The van der Waals surface area contributed by atoms with E-state index in [1.54, 1.807) is 32.4 Å². The highest BCUT2D eigenvalue weighted by molar-refractivity contribution is 6.32. The van der Waals surface area contributed by atoms with Crippen LogP contribution in [-0.2, 0) is 0 Å². The van der Waals surface area contributed by atoms with E-state index in [4.69, 9.17) is 16.3 Å². The van der Waals surface area contributed by atoms with Gasteiger partial charge in [0.15, 0.2) is 0 Å². The summed E-state index contributed by atoms with van der Waals surface area (Å²) in [5, 5.41) is 6.44. The first-order valence-electron chi connectivity index (χ1n) is 9.65. The van der Waals surface area contributed by atoms with Crippen LogP contribution >= 0.6 is 11.6 Å². The summed E-state index contributed by atoms with van der Waals surface area (Å²) < 4.78 is 5.45. The summed E-state index contributed by atoms with van der Waals surface area (Å²) in [5.74, 6) is 1.45. The van der Waals surface area contributed by atoms with Crippen LogP contribution in [0.1, 0.15) is 24.2 Å². The van der Waals surface area contributed by atoms with Crippen molar-refractivity contribution in [3.63, 3.8) is 0 Å². The highest BCUT2D eigenvalue weighted by Gasteiger charge is 2.21. The number of nitrogens with one attached hydrogen (secondary N) is 2. The lowest BCUT2D eigenvalue weighted by Crippen LogP contribution is -2.47. The summed E-state index contributed by atoms with van der Waals surface area (Å²) in [6.45, 7) is 7.21. The highest BCUT2D eigenvalue weighted by Crippen LogP contribution is 2.29. The molecule has 3 rings (SSSR count). The van der Waals surface area contributed by atoms with E-state index in [1.807, 2.05) is 18.7 Å². The molecule has 1 amide bonds. The normalized spacial score (nSPS) is 13.9. The Morgan fingerprint density at radius 2 is 1.90 bits per heavy atom. The molecule has 2 aromatic rings. The fraction of sp³-hybridized carbons (Fsp3) is 0.450. The van der Waals surface area contributed by atoms with Crippen LogP contribution in [-0.4, -0.2) is 73.1 Å². The zero-order valence-corrected chi connectivity index (χ0v) is 18.4. The van der Waals surface area contributed by atoms with E-state index in [9.17, 15) is 4.79 Å². The zero-order chi connectivity index (χ0) is 21.4. The van der Waals surface area contributed by atoms with Gasteiger partial charge in [0.1, 0.15) is 16.6 Å². The number of anilines is 3. The number of amides is 1. The van der Waals surface area contributed by atoms with Gasteiger partial charge in [-0.05, 0) is 25.2 Å². The molecule has 1 fully saturated rings. The number of carbonyl (C=O) groups is 1. The Labute approximate surface area is 177 Å². The number of rotatable bonds is 5. The van der Waals surface area contributed by atoms with Gasteiger partial charge in [0.05, 0.1) is 19.0 Å². The number of carbonyl (C=O) groups excluding carboxylic acids is 1. The highest BCUT2D eigenvalue weighted by atomic mass is 35.5. The maximum atomic E-state index is 12.7. The van der Waals surface area contributed by atoms with Crippen molar-refractivity contribution in [2.24, 2.45) is 0 Å². The Morgan fingerprint density at radius 1 is 1.21 bits per heavy atom. The van der Waals surface area contributed by atoms with E-state index in [1.165, 1.54) is 6.20 Å². The molecule has 2 N–H and O–H groups in total. The number of ether oxygens (including phenoxy) is 1. The molecule has 0 bridgehead atoms. The third-order valence-corrected chi connectivity index (χ3v) is 4.74. The molecule has 29 heavy (non-hydrogen) atoms. The van der Waals surface area contributed by atoms with Gasteiger partial charge >= 0.3 is 0 Å². The van der Waals surface area contributed by atoms with Crippen LogP contribution in [0.15, 0.2) is 24.4 Å². The molecule has 9 heteroatoms. The molecular weight excluding hydrogens is 392 g/mol. The molecule has 0 radical (unpaired) electrons. The van der Waals surface area contributed by atoms with Crippen molar-refractivity contribution < 1.29 is 9.53 Å². The Kier molecular flexibility index (Phi) is 8.48. The van der Waals surface area contributed by atoms with Crippen molar-refractivity contribution in [3.8, 4) is 5.75 Å². The van der Waals surface area contributed by atoms with Crippen LogP contribution in [0.3, 0.4) is 0 Å². The van der Waals surface area contributed by atoms with Crippen LogP contribution < -0.4 is 15.4 Å². The molecule has 2 heterocycles. The number of aromatic nitrogens is 2. The Bertz CT molecular complexity index is 825. The van der Waals surface area contributed by atoms with E-state index in [0.717, 1.165) is 26.2 Å². The molecule has 0 spiro atoms. The predicted octanol–water partition coefficient (Wildman–Crippen LogP) is 3.34. The lowest BCUT2D eigenvalue weighted by Gasteiger charge is -2.32. The average molecular weight is 421 g/mol. The maximum Gasteiger partial charge on any atom is 0.254 e. The Balaban J connectivity index is 0.00000145. The van der Waals surface area contributed by atoms with Gasteiger partial charge in [-0.1, -0.05) is 25.4 Å². The van der Waals surface area contributed by atoms with E-state index < -0.39 is 0 Å². The van der Waals surface area contributed by atoms with E-state index in [-0.39, 0.29) is 5.91 Å². The summed E-state index contributed by atoms with van der Waals surface area (Å²) in [6, 6.07) is 5.30. The standard InChI is InChI=1S/C18H23ClN6O2.C2H6/c1-20-16-13(19)11-21-18(23-16)22-14-5-4-12(10-15(14)27-3)17(26)25-8-6-24(2)7-9-25;1-2/h4-5,10-11H,6-9H2,1-3H3,(H2,20,21,22,23);1-2H3. The van der Waals surface area contributed by atoms with Crippen molar-refractivity contribution >= 4 is 35.0 Å². The molecular formula is C20H29ClN6O2. The molecule has 0 aliphatic carbocycles. The van der Waals surface area contributed by atoms with Crippen molar-refractivity contribution in [1.82, 2.24) is 19.8 Å². The minimum Gasteiger partial charge on any atom is -0.495 e. The first-order chi connectivity index (χ1) is 14.0. The van der Waals surface area contributed by atoms with Gasteiger partial charge in [-0.15, -0.1) is 0 Å². The van der Waals surface area contributed by atoms with Gasteiger partial charge in [-0.2, -0.15) is 4.98 Å². The van der Waals surface area contributed by atoms with E-state index >= 15 is 0 Å². The monoisotopic (exact) mass is 420 g/mol. The Morgan fingerprint density at radius 3 is 2.52 bits per heavy atom. The molecule has 8 nitrogen and oxygen atoms in total. The van der Waals surface area contributed by atoms with Crippen molar-refractivity contribution in [1.29, 1.82) is 0 Å². The molecule has 0 atom stereocenters. The lowest BCUT2D eigenvalue weighted by atomic mass is 10.1. The quantitative estimate of drug-likeness (QED) is 0.767. The molecule has 0 unspecified atom stereocenters. The van der Waals surface area contributed by atoms with Crippen molar-refractivity contribution in [2.45, 2.75) is 13.8 Å². The minimum atomic E-state index is 0.00756. The molecule has 1 aromatic carbocycles. The minimum absolute atomic E-state index is 0.00756. The second kappa shape index (κ2) is 10.8. The first kappa shape index (κ1) is 22.7. The van der Waals surface area contributed by atoms with Gasteiger partial charge in [0, 0.05) is 38.8 Å². The maximum absolute atomic E-state index is 12.7. The molecule has 1 aromatic heterocycles. The molecule has 0 saturated carbocycles. The Hall–Kier alpha value is -2.58. The fourth-order valence-corrected chi connectivity index (χ4v) is 3.03. The summed E-state index contributed by atoms with van der Waals surface area (Å²) in [5.41, 5.74) is 1.26. The van der Waals surface area contributed by atoms with Gasteiger partial charge in [0.2, 0.25) is 5.95 Å².